The van der Waals surface area contributed by atoms with E-state index < -0.39 is 0 Å². The number of hydrogen-bond donors (Lipinski definition) is 0. The predicted octanol–water partition coefficient (Wildman–Crippen LogP) is 3.59. The molecule has 0 saturated carbocycles. The molecule has 0 saturated heterocycles. The third kappa shape index (κ3) is 8.00. The highest BCUT2D eigenvalue weighted by atomic mass is 13.9. The summed E-state index contributed by atoms with van der Waals surface area (Å²) >= 11 is 0. The van der Waals surface area contributed by atoms with E-state index in [4.69, 9.17) is 0 Å². The molecule has 59 valence electrons. The monoisotopic (exact) mass is 139 g/mol. The molecule has 0 aliphatic carbocycles. The van der Waals surface area contributed by atoms with E-state index in [0.717, 1.165) is 12.8 Å². The molecule has 0 spiro atoms. The molecule has 0 atom stereocenters. The summed E-state index contributed by atoms with van der Waals surface area (Å²) in [6, 6.07) is 0. The van der Waals surface area contributed by atoms with E-state index in [1.807, 2.05) is 0 Å². The summed E-state index contributed by atoms with van der Waals surface area (Å²) < 4.78 is 0. The summed E-state index contributed by atoms with van der Waals surface area (Å²) in [5.74, 6) is 0. The molecule has 0 heterocycles. The van der Waals surface area contributed by atoms with Crippen molar-refractivity contribution >= 4 is 0 Å². The summed E-state index contributed by atoms with van der Waals surface area (Å²) in [7, 11) is 0. The zero-order chi connectivity index (χ0) is 7.66. The lowest BCUT2D eigenvalue weighted by molar-refractivity contribution is 0.667. The minimum atomic E-state index is 1.05. The van der Waals surface area contributed by atoms with E-state index in [1.165, 1.54) is 32.1 Å². The van der Waals surface area contributed by atoms with Gasteiger partial charge in [0.15, 0.2) is 0 Å². The number of rotatable bonds is 7. The third-order valence-electron chi connectivity index (χ3n) is 1.57. The van der Waals surface area contributed by atoms with Crippen LogP contribution in [-0.2, 0) is 0 Å². The van der Waals surface area contributed by atoms with Crippen LogP contribution in [0.4, 0.5) is 0 Å². The Hall–Kier alpha value is 0. The summed E-state index contributed by atoms with van der Waals surface area (Å²) in [6.07, 6.45) is 10.9. The van der Waals surface area contributed by atoms with E-state index in [2.05, 4.69) is 20.3 Å². The second-order valence-corrected chi connectivity index (χ2v) is 2.63. The van der Waals surface area contributed by atoms with Crippen LogP contribution in [0.5, 0.6) is 0 Å². The average molecular weight is 139 g/mol. The maximum Gasteiger partial charge on any atom is -0.0386 e. The Balaban J connectivity index is 2.65. The second kappa shape index (κ2) is 9.00. The molecule has 0 nitrogen and oxygen atoms in total. The lowest BCUT2D eigenvalue weighted by Gasteiger charge is -1.97. The van der Waals surface area contributed by atoms with Crippen LogP contribution < -0.4 is 0 Å². The van der Waals surface area contributed by atoms with Gasteiger partial charge in [-0.2, -0.15) is 0 Å². The fourth-order valence-corrected chi connectivity index (χ4v) is 0.931. The highest BCUT2D eigenvalue weighted by Gasteiger charge is 1.87. The molecular formula is C10H19. The molecule has 0 N–H and O–H groups in total. The zero-order valence-corrected chi connectivity index (χ0v) is 6.94. The van der Waals surface area contributed by atoms with Gasteiger partial charge in [-0.15, -0.1) is 0 Å². The van der Waals surface area contributed by atoms with Crippen LogP contribution in [0.2, 0.25) is 0 Å². The molecule has 0 aromatic heterocycles. The zero-order valence-electron chi connectivity index (χ0n) is 6.94. The molecule has 0 aromatic carbocycles. The van der Waals surface area contributed by atoms with Gasteiger partial charge >= 0.3 is 0 Å². The molecule has 0 amide bonds. The molecule has 10 heavy (non-hydrogen) atoms. The summed E-state index contributed by atoms with van der Waals surface area (Å²) in [6.45, 7) is 7.58. The lowest BCUT2D eigenvalue weighted by atomic mass is 10.1. The van der Waals surface area contributed by atoms with Crippen molar-refractivity contribution in [2.45, 2.75) is 44.9 Å². The van der Waals surface area contributed by atoms with Crippen molar-refractivity contribution in [3.63, 3.8) is 0 Å². The first-order chi connectivity index (χ1) is 4.91. The van der Waals surface area contributed by atoms with Gasteiger partial charge < -0.3 is 0 Å². The van der Waals surface area contributed by atoms with Gasteiger partial charge in [-0.05, 0) is 6.42 Å². The lowest BCUT2D eigenvalue weighted by Crippen LogP contribution is -1.79. The normalized spacial score (nSPS) is 10.2. The Kier molecular flexibility index (Phi) is 9.00. The van der Waals surface area contributed by atoms with E-state index in [0.29, 0.717) is 0 Å². The molecular weight excluding hydrogens is 120 g/mol. The van der Waals surface area contributed by atoms with Gasteiger partial charge in [-0.25, -0.2) is 0 Å². The predicted molar refractivity (Wildman–Crippen MR) is 47.3 cm³/mol. The van der Waals surface area contributed by atoms with E-state index >= 15 is 0 Å². The summed E-state index contributed by atoms with van der Waals surface area (Å²) in [5, 5.41) is 0. The Morgan fingerprint density at radius 1 is 0.800 bits per heavy atom. The maximum absolute atomic E-state index is 3.80. The molecule has 0 aliphatic heterocycles. The standard InChI is InChI=1S/C10H19/c1-3-5-7-9-10-8-6-4-2/h7H,1-6,8-10H2. The van der Waals surface area contributed by atoms with Crippen LogP contribution in [0, 0.1) is 20.3 Å². The Labute approximate surface area is 66.0 Å². The minimum absolute atomic E-state index is 1.05. The fraction of sp³-hybridized carbons (Fsp3) is 0.700. The van der Waals surface area contributed by atoms with Gasteiger partial charge in [0.05, 0.1) is 0 Å². The van der Waals surface area contributed by atoms with Gasteiger partial charge in [0.1, 0.15) is 0 Å². The van der Waals surface area contributed by atoms with Gasteiger partial charge in [0.25, 0.3) is 0 Å². The van der Waals surface area contributed by atoms with Gasteiger partial charge in [0.2, 0.25) is 0 Å². The van der Waals surface area contributed by atoms with Crippen molar-refractivity contribution in [3.8, 4) is 0 Å². The van der Waals surface area contributed by atoms with Crippen molar-refractivity contribution in [1.29, 1.82) is 0 Å². The Bertz CT molecular complexity index is 40.0. The van der Waals surface area contributed by atoms with E-state index in [-0.39, 0.29) is 0 Å². The van der Waals surface area contributed by atoms with Crippen LogP contribution in [-0.4, -0.2) is 0 Å². The number of hydrogen-bond acceptors (Lipinski definition) is 0. The first-order valence-electron chi connectivity index (χ1n) is 4.32. The SMILES string of the molecule is [CH2]CC[CH]CCCCC[CH2]. The average Bonchev–Trinajstić information content (AvgIpc) is 1.97. The van der Waals surface area contributed by atoms with Crippen molar-refractivity contribution in [2.75, 3.05) is 0 Å². The first-order valence-corrected chi connectivity index (χ1v) is 4.32. The van der Waals surface area contributed by atoms with Gasteiger partial charge in [-0.3, -0.25) is 0 Å². The summed E-state index contributed by atoms with van der Waals surface area (Å²) in [5.41, 5.74) is 0. The minimum Gasteiger partial charge on any atom is -0.0533 e. The maximum atomic E-state index is 3.80. The second-order valence-electron chi connectivity index (χ2n) is 2.63. The quantitative estimate of drug-likeness (QED) is 0.473. The van der Waals surface area contributed by atoms with Crippen LogP contribution >= 0.6 is 0 Å². The first kappa shape index (κ1) is 10.0. The van der Waals surface area contributed by atoms with Crippen LogP contribution in [0.1, 0.15) is 44.9 Å². The van der Waals surface area contributed by atoms with Crippen molar-refractivity contribution in [2.24, 2.45) is 0 Å². The van der Waals surface area contributed by atoms with Gasteiger partial charge in [-0.1, -0.05) is 58.8 Å². The molecule has 0 rings (SSSR count). The van der Waals surface area contributed by atoms with Crippen LogP contribution in [0.3, 0.4) is 0 Å². The molecule has 0 bridgehead atoms. The number of unbranched alkanes of at least 4 members (excludes halogenated alkanes) is 7. The molecule has 0 heteroatoms. The molecule has 3 radical (unpaired) electrons. The third-order valence-corrected chi connectivity index (χ3v) is 1.57. The summed E-state index contributed by atoms with van der Waals surface area (Å²) in [4.78, 5) is 0. The Morgan fingerprint density at radius 3 is 2.20 bits per heavy atom. The van der Waals surface area contributed by atoms with Crippen LogP contribution in [0.15, 0.2) is 0 Å². The van der Waals surface area contributed by atoms with Crippen LogP contribution in [0.25, 0.3) is 0 Å². The van der Waals surface area contributed by atoms with Crippen molar-refractivity contribution < 1.29 is 0 Å². The van der Waals surface area contributed by atoms with Crippen molar-refractivity contribution in [3.05, 3.63) is 20.3 Å². The molecule has 0 aromatic rings. The highest BCUT2D eigenvalue weighted by molar-refractivity contribution is 4.64. The Morgan fingerprint density at radius 2 is 1.60 bits per heavy atom. The molecule has 0 unspecified atom stereocenters. The van der Waals surface area contributed by atoms with Crippen molar-refractivity contribution in [1.82, 2.24) is 0 Å². The molecule has 0 fully saturated rings. The van der Waals surface area contributed by atoms with E-state index in [1.54, 1.807) is 0 Å². The molecule has 0 aliphatic rings. The van der Waals surface area contributed by atoms with E-state index in [9.17, 15) is 0 Å². The smallest absolute Gasteiger partial charge is 0.0386 e. The topological polar surface area (TPSA) is 0 Å². The fourth-order valence-electron chi connectivity index (χ4n) is 0.931. The van der Waals surface area contributed by atoms with Gasteiger partial charge in [0, 0.05) is 0 Å². The highest BCUT2D eigenvalue weighted by Crippen LogP contribution is 2.06. The largest absolute Gasteiger partial charge is 0.0533 e.